The third-order valence-electron chi connectivity index (χ3n) is 5.23. The molecule has 0 amide bonds. The third kappa shape index (κ3) is 3.91. The minimum absolute atomic E-state index is 0.0773. The molecule has 0 fully saturated rings. The second kappa shape index (κ2) is 8.59. The minimum Gasteiger partial charge on any atom is -0.497 e. The van der Waals surface area contributed by atoms with Crippen LogP contribution >= 0.6 is 0 Å². The summed E-state index contributed by atoms with van der Waals surface area (Å²) in [5.41, 5.74) is 0.700. The van der Waals surface area contributed by atoms with Crippen molar-refractivity contribution in [3.05, 3.63) is 83.1 Å². The molecule has 0 N–H and O–H groups in total. The summed E-state index contributed by atoms with van der Waals surface area (Å²) >= 11 is 0. The van der Waals surface area contributed by atoms with Gasteiger partial charge in [-0.1, -0.05) is 0 Å². The quantitative estimate of drug-likeness (QED) is 0.388. The number of benzene rings is 3. The Kier molecular flexibility index (Phi) is 5.82. The summed E-state index contributed by atoms with van der Waals surface area (Å²) in [7, 11) is 0.222. The zero-order valence-corrected chi connectivity index (χ0v) is 18.9. The molecular weight excluding hydrogens is 449 g/mol. The summed E-state index contributed by atoms with van der Waals surface area (Å²) in [6.07, 6.45) is 1.20. The summed E-state index contributed by atoms with van der Waals surface area (Å²) in [6.45, 7) is 0. The van der Waals surface area contributed by atoms with E-state index in [1.807, 2.05) is 0 Å². The van der Waals surface area contributed by atoms with Crippen LogP contribution in [-0.4, -0.2) is 35.5 Å². The van der Waals surface area contributed by atoms with E-state index in [2.05, 4.69) is 0 Å². The van der Waals surface area contributed by atoms with Crippen molar-refractivity contribution in [2.75, 3.05) is 26.2 Å². The SMILES string of the molecule is COc1ccc(C(=O)C2=CN(c3ccc(OC)c(OC)c3)c3cc(F)ccc3S2(=O)=O)cc1. The molecule has 0 radical (unpaired) electrons. The molecule has 3 aromatic carbocycles. The van der Waals surface area contributed by atoms with Crippen molar-refractivity contribution >= 4 is 27.0 Å². The number of halogens is 1. The zero-order valence-electron chi connectivity index (χ0n) is 18.0. The predicted octanol–water partition coefficient (Wildman–Crippen LogP) is 4.50. The van der Waals surface area contributed by atoms with Gasteiger partial charge in [-0.15, -0.1) is 0 Å². The van der Waals surface area contributed by atoms with Gasteiger partial charge in [0.2, 0.25) is 15.6 Å². The fraction of sp³-hybridized carbons (Fsp3) is 0.125. The Balaban J connectivity index is 1.91. The lowest BCUT2D eigenvalue weighted by atomic mass is 10.1. The maximum absolute atomic E-state index is 14.1. The molecule has 33 heavy (non-hydrogen) atoms. The van der Waals surface area contributed by atoms with Gasteiger partial charge in [-0.05, 0) is 54.6 Å². The maximum atomic E-state index is 14.1. The van der Waals surface area contributed by atoms with Crippen LogP contribution in [0, 0.1) is 5.82 Å². The zero-order chi connectivity index (χ0) is 23.8. The number of sulfone groups is 1. The number of carbonyl (C=O) groups excluding carboxylic acids is 1. The number of methoxy groups -OCH3 is 3. The lowest BCUT2D eigenvalue weighted by molar-refractivity contribution is 0.104. The summed E-state index contributed by atoms with van der Waals surface area (Å²) in [5, 5.41) is 0. The number of allylic oxidation sites excluding steroid dienone is 1. The number of ether oxygens (including phenoxy) is 3. The number of ketones is 1. The van der Waals surface area contributed by atoms with Gasteiger partial charge in [-0.25, -0.2) is 12.8 Å². The summed E-state index contributed by atoms with van der Waals surface area (Å²) in [5.74, 6) is 0.0624. The molecule has 1 heterocycles. The van der Waals surface area contributed by atoms with E-state index in [-0.39, 0.29) is 16.1 Å². The van der Waals surface area contributed by atoms with Crippen molar-refractivity contribution in [2.24, 2.45) is 0 Å². The van der Waals surface area contributed by atoms with Crippen molar-refractivity contribution < 1.29 is 31.8 Å². The highest BCUT2D eigenvalue weighted by Crippen LogP contribution is 2.43. The average Bonchev–Trinajstić information content (AvgIpc) is 2.83. The molecule has 0 saturated heterocycles. The minimum atomic E-state index is -4.22. The molecule has 3 aromatic rings. The van der Waals surface area contributed by atoms with Crippen molar-refractivity contribution in [1.82, 2.24) is 0 Å². The number of nitrogens with zero attached hydrogens (tertiary/aromatic N) is 1. The Labute approximate surface area is 190 Å². The lowest BCUT2D eigenvalue weighted by Gasteiger charge is -2.29. The van der Waals surface area contributed by atoms with Gasteiger partial charge in [0.1, 0.15) is 16.5 Å². The molecule has 0 aliphatic carbocycles. The van der Waals surface area contributed by atoms with Crippen molar-refractivity contribution in [3.8, 4) is 17.2 Å². The first kappa shape index (κ1) is 22.3. The van der Waals surface area contributed by atoms with E-state index < -0.39 is 26.3 Å². The lowest BCUT2D eigenvalue weighted by Crippen LogP contribution is -2.26. The Morgan fingerprint density at radius 1 is 0.848 bits per heavy atom. The van der Waals surface area contributed by atoms with Crippen LogP contribution in [0.15, 0.2) is 76.7 Å². The van der Waals surface area contributed by atoms with Gasteiger partial charge in [-0.2, -0.15) is 0 Å². The van der Waals surface area contributed by atoms with Crippen LogP contribution in [0.2, 0.25) is 0 Å². The van der Waals surface area contributed by atoms with Gasteiger partial charge in [0.25, 0.3) is 0 Å². The first-order valence-corrected chi connectivity index (χ1v) is 11.2. The first-order chi connectivity index (χ1) is 15.8. The molecule has 0 spiro atoms. The number of hydrogen-bond donors (Lipinski definition) is 0. The predicted molar refractivity (Wildman–Crippen MR) is 121 cm³/mol. The molecule has 9 heteroatoms. The molecule has 170 valence electrons. The van der Waals surface area contributed by atoms with Crippen LogP contribution in [0.1, 0.15) is 10.4 Å². The number of anilines is 2. The fourth-order valence-electron chi connectivity index (χ4n) is 3.53. The molecule has 0 bridgehead atoms. The van der Waals surface area contributed by atoms with E-state index in [1.54, 1.807) is 30.3 Å². The van der Waals surface area contributed by atoms with Crippen molar-refractivity contribution in [3.63, 3.8) is 0 Å². The molecule has 1 aliphatic heterocycles. The number of carbonyl (C=O) groups is 1. The molecular formula is C24H20FNO6S. The third-order valence-corrected chi connectivity index (χ3v) is 7.02. The summed E-state index contributed by atoms with van der Waals surface area (Å²) in [4.78, 5) is 14.1. The largest absolute Gasteiger partial charge is 0.497 e. The average molecular weight is 469 g/mol. The highest BCUT2D eigenvalue weighted by molar-refractivity contribution is 7.96. The van der Waals surface area contributed by atoms with Crippen LogP contribution in [0.25, 0.3) is 0 Å². The number of rotatable bonds is 6. The van der Waals surface area contributed by atoms with Crippen LogP contribution in [0.3, 0.4) is 0 Å². The Bertz CT molecular complexity index is 1370. The summed E-state index contributed by atoms with van der Waals surface area (Å²) < 4.78 is 56.5. The van der Waals surface area contributed by atoms with E-state index in [0.29, 0.717) is 22.9 Å². The Morgan fingerprint density at radius 3 is 2.18 bits per heavy atom. The van der Waals surface area contributed by atoms with Crippen molar-refractivity contribution in [1.29, 1.82) is 0 Å². The smallest absolute Gasteiger partial charge is 0.214 e. The molecule has 1 aliphatic rings. The highest BCUT2D eigenvalue weighted by atomic mass is 32.2. The van der Waals surface area contributed by atoms with E-state index >= 15 is 0 Å². The molecule has 4 rings (SSSR count). The fourth-order valence-corrected chi connectivity index (χ4v) is 5.06. The van der Waals surface area contributed by atoms with Crippen LogP contribution in [-0.2, 0) is 9.84 Å². The maximum Gasteiger partial charge on any atom is 0.214 e. The molecule has 0 aromatic heterocycles. The Hall–Kier alpha value is -3.85. The Morgan fingerprint density at radius 2 is 1.55 bits per heavy atom. The topological polar surface area (TPSA) is 82.1 Å². The van der Waals surface area contributed by atoms with Gasteiger partial charge in [0, 0.05) is 23.5 Å². The van der Waals surface area contributed by atoms with Crippen LogP contribution < -0.4 is 19.1 Å². The monoisotopic (exact) mass is 469 g/mol. The van der Waals surface area contributed by atoms with E-state index in [4.69, 9.17) is 14.2 Å². The normalized spacial score (nSPS) is 14.2. The van der Waals surface area contributed by atoms with Gasteiger partial charge in [0.15, 0.2) is 11.5 Å². The molecule has 0 unspecified atom stereocenters. The van der Waals surface area contributed by atoms with E-state index in [0.717, 1.165) is 18.2 Å². The van der Waals surface area contributed by atoms with E-state index in [1.165, 1.54) is 44.6 Å². The van der Waals surface area contributed by atoms with Gasteiger partial charge < -0.3 is 19.1 Å². The summed E-state index contributed by atoms with van der Waals surface area (Å²) in [6, 6.07) is 14.3. The molecule has 7 nitrogen and oxygen atoms in total. The van der Waals surface area contributed by atoms with Gasteiger partial charge >= 0.3 is 0 Å². The van der Waals surface area contributed by atoms with Crippen LogP contribution in [0.5, 0.6) is 17.2 Å². The van der Waals surface area contributed by atoms with Crippen LogP contribution in [0.4, 0.5) is 15.8 Å². The molecule has 0 saturated carbocycles. The second-order valence-corrected chi connectivity index (χ2v) is 8.96. The van der Waals surface area contributed by atoms with Gasteiger partial charge in [-0.3, -0.25) is 4.79 Å². The second-order valence-electron chi connectivity index (χ2n) is 7.08. The van der Waals surface area contributed by atoms with Crippen molar-refractivity contribution in [2.45, 2.75) is 4.90 Å². The highest BCUT2D eigenvalue weighted by Gasteiger charge is 2.36. The first-order valence-electron chi connectivity index (χ1n) is 9.76. The van der Waals surface area contributed by atoms with Gasteiger partial charge in [0.05, 0.1) is 31.9 Å². The van der Waals surface area contributed by atoms with E-state index in [9.17, 15) is 17.6 Å². The number of Topliss-reactive ketones (excluding diaryl/α,β-unsaturated/α-hetero) is 1. The molecule has 0 atom stereocenters. The number of fused-ring (bicyclic) bond motifs is 1. The standard InChI is InChI=1S/C24H20FNO6S/c1-30-18-8-4-15(5-9-18)24(27)23-14-26(17-7-10-20(31-2)21(13-17)32-3)19-12-16(25)6-11-22(19)33(23,28)29/h4-14H,1-3H3. The number of hydrogen-bond acceptors (Lipinski definition) is 7.